The van der Waals surface area contributed by atoms with Gasteiger partial charge in [0.2, 0.25) is 0 Å². The topological polar surface area (TPSA) is 94.6 Å². The fourth-order valence-electron chi connectivity index (χ4n) is 2.40. The Labute approximate surface area is 122 Å². The molecule has 0 aliphatic heterocycles. The molecule has 104 valence electrons. The van der Waals surface area contributed by atoms with E-state index in [2.05, 4.69) is 16.0 Å². The summed E-state index contributed by atoms with van der Waals surface area (Å²) in [4.78, 5) is 21.4. The van der Waals surface area contributed by atoms with Crippen LogP contribution in [-0.4, -0.2) is 25.3 Å². The van der Waals surface area contributed by atoms with Crippen LogP contribution >= 0.6 is 11.3 Å². The predicted molar refractivity (Wildman–Crippen MR) is 76.1 cm³/mol. The molecule has 1 aliphatic carbocycles. The quantitative estimate of drug-likeness (QED) is 0.773. The zero-order valence-electron chi connectivity index (χ0n) is 11.0. The first kappa shape index (κ1) is 13.5. The van der Waals surface area contributed by atoms with Gasteiger partial charge in [-0.05, 0) is 30.6 Å². The second-order valence-electron chi connectivity index (χ2n) is 4.93. The van der Waals surface area contributed by atoms with Gasteiger partial charge in [-0.15, -0.1) is 0 Å². The van der Waals surface area contributed by atoms with Crippen LogP contribution in [0.3, 0.4) is 0 Å². The Morgan fingerprint density at radius 3 is 2.70 bits per heavy atom. The third-order valence-electron chi connectivity index (χ3n) is 3.72. The van der Waals surface area contributed by atoms with Crippen molar-refractivity contribution in [2.75, 3.05) is 6.26 Å². The van der Waals surface area contributed by atoms with Gasteiger partial charge in [0.25, 0.3) is 5.56 Å². The normalized spacial score (nSPS) is 18.5. The second kappa shape index (κ2) is 4.55. The molecule has 1 saturated carbocycles. The summed E-state index contributed by atoms with van der Waals surface area (Å²) in [6.45, 7) is 0. The Balaban J connectivity index is 2.28. The summed E-state index contributed by atoms with van der Waals surface area (Å²) in [5.41, 5.74) is -0.698. The van der Waals surface area contributed by atoms with Crippen molar-refractivity contribution in [2.45, 2.75) is 29.0 Å². The summed E-state index contributed by atoms with van der Waals surface area (Å²) in [6, 6.07) is 2.30. The first-order valence-corrected chi connectivity index (χ1v) is 8.49. The molecule has 20 heavy (non-hydrogen) atoms. The average molecular weight is 308 g/mol. The summed E-state index contributed by atoms with van der Waals surface area (Å²) < 4.78 is 13.3. The number of fused-ring (bicyclic) bond motifs is 1. The zero-order chi connectivity index (χ0) is 14.5. The number of hydrogen-bond donors (Lipinski definition) is 0. The van der Waals surface area contributed by atoms with Gasteiger partial charge >= 0.3 is 4.34 Å². The number of rotatable bonds is 2. The Morgan fingerprint density at radius 2 is 2.20 bits per heavy atom. The van der Waals surface area contributed by atoms with Crippen LogP contribution in [0.4, 0.5) is 0 Å². The lowest BCUT2D eigenvalue weighted by atomic mass is 9.69. The minimum atomic E-state index is -1.24. The molecule has 2 aromatic rings. The smallest absolute Gasteiger partial charge is 0.304 e. The monoisotopic (exact) mass is 308 g/mol. The van der Waals surface area contributed by atoms with E-state index in [-0.39, 0.29) is 11.1 Å². The number of thiazole rings is 1. The van der Waals surface area contributed by atoms with E-state index in [1.165, 1.54) is 10.8 Å². The van der Waals surface area contributed by atoms with E-state index in [1.807, 2.05) is 0 Å². The van der Waals surface area contributed by atoms with Crippen LogP contribution in [0, 0.1) is 11.3 Å². The molecule has 0 bridgehead atoms. The van der Waals surface area contributed by atoms with Gasteiger partial charge in [-0.2, -0.15) is 10.2 Å². The van der Waals surface area contributed by atoms with Crippen molar-refractivity contribution in [2.24, 2.45) is 7.05 Å². The molecule has 2 heterocycles. The summed E-state index contributed by atoms with van der Waals surface area (Å²) in [5.74, 6) is 0.501. The maximum atomic E-state index is 12.3. The third-order valence-corrected chi connectivity index (χ3v) is 6.00. The van der Waals surface area contributed by atoms with Gasteiger partial charge in [0.1, 0.15) is 17.5 Å². The van der Waals surface area contributed by atoms with Crippen molar-refractivity contribution in [3.8, 4) is 6.07 Å². The van der Waals surface area contributed by atoms with Gasteiger partial charge in [-0.1, -0.05) is 0 Å². The Kier molecular flexibility index (Phi) is 3.08. The van der Waals surface area contributed by atoms with E-state index in [4.69, 9.17) is 0 Å². The molecule has 8 heteroatoms. The van der Waals surface area contributed by atoms with Crippen molar-refractivity contribution in [1.29, 1.82) is 5.26 Å². The van der Waals surface area contributed by atoms with Gasteiger partial charge in [0.05, 0.1) is 6.07 Å². The third kappa shape index (κ3) is 1.78. The molecule has 1 aliphatic rings. The predicted octanol–water partition coefficient (Wildman–Crippen LogP) is 1.07. The van der Waals surface area contributed by atoms with Crippen molar-refractivity contribution >= 4 is 32.9 Å². The average Bonchev–Trinajstić information content (AvgIpc) is 2.79. The molecule has 0 amide bonds. The summed E-state index contributed by atoms with van der Waals surface area (Å²) in [7, 11) is 1.61. The maximum absolute atomic E-state index is 12.3. The van der Waals surface area contributed by atoms with Gasteiger partial charge in [0.15, 0.2) is 10.3 Å². The molecule has 0 saturated heterocycles. The van der Waals surface area contributed by atoms with E-state index in [9.17, 15) is 14.6 Å². The van der Waals surface area contributed by atoms with E-state index in [0.717, 1.165) is 30.6 Å². The highest BCUT2D eigenvalue weighted by Crippen LogP contribution is 2.42. The molecule has 3 rings (SSSR count). The lowest BCUT2D eigenvalue weighted by molar-refractivity contribution is 0.297. The lowest BCUT2D eigenvalue weighted by Gasteiger charge is -2.35. The van der Waals surface area contributed by atoms with Crippen LogP contribution in [0.1, 0.15) is 25.1 Å². The summed E-state index contributed by atoms with van der Waals surface area (Å²) in [6.07, 6.45) is 3.93. The van der Waals surface area contributed by atoms with Crippen molar-refractivity contribution < 1.29 is 4.55 Å². The van der Waals surface area contributed by atoms with E-state index in [1.54, 1.807) is 7.05 Å². The fourth-order valence-corrected chi connectivity index (χ4v) is 3.99. The molecule has 0 spiro atoms. The van der Waals surface area contributed by atoms with Crippen LogP contribution in [0.2, 0.25) is 0 Å². The Morgan fingerprint density at radius 1 is 1.50 bits per heavy atom. The van der Waals surface area contributed by atoms with Crippen LogP contribution in [-0.2, 0) is 23.6 Å². The van der Waals surface area contributed by atoms with Crippen molar-refractivity contribution in [1.82, 2.24) is 14.5 Å². The fraction of sp³-hybridized carbons (Fsp3) is 0.500. The largest absolute Gasteiger partial charge is 0.610 e. The van der Waals surface area contributed by atoms with Gasteiger partial charge in [0, 0.05) is 18.2 Å². The van der Waals surface area contributed by atoms with Crippen LogP contribution in [0.25, 0.3) is 10.3 Å². The molecule has 2 aromatic heterocycles. The van der Waals surface area contributed by atoms with E-state index in [0.29, 0.717) is 15.0 Å². The minimum absolute atomic E-state index is 0.235. The van der Waals surface area contributed by atoms with Crippen LogP contribution in [0.15, 0.2) is 9.13 Å². The lowest BCUT2D eigenvalue weighted by Crippen LogP contribution is -2.39. The maximum Gasteiger partial charge on any atom is 0.304 e. The first-order chi connectivity index (χ1) is 9.48. The van der Waals surface area contributed by atoms with Crippen LogP contribution in [0.5, 0.6) is 0 Å². The minimum Gasteiger partial charge on any atom is -0.610 e. The van der Waals surface area contributed by atoms with Gasteiger partial charge < -0.3 is 4.55 Å². The molecule has 1 unspecified atom stereocenters. The summed E-state index contributed by atoms with van der Waals surface area (Å²) >= 11 is -0.0811. The van der Waals surface area contributed by atoms with Gasteiger partial charge in [-0.25, -0.2) is 4.98 Å². The Bertz CT molecular complexity index is 783. The molecule has 0 N–H and O–H groups in total. The van der Waals surface area contributed by atoms with E-state index >= 15 is 0 Å². The standard InChI is InChI=1S/C12H12N4O2S2/c1-16-9(17)7-8(19-11(14-7)20(2)18)15-10(16)12(6-13)4-3-5-12/h3-5H2,1-2H3. The SMILES string of the molecule is Cn1c(C2(C#N)CCC2)nc2sc([S+](C)[O-])nc2c1=O. The zero-order valence-corrected chi connectivity index (χ0v) is 12.7. The number of nitrogens with zero attached hydrogens (tertiary/aromatic N) is 4. The number of aromatic nitrogens is 3. The molecule has 6 nitrogen and oxygen atoms in total. The highest BCUT2D eigenvalue weighted by atomic mass is 32.2. The van der Waals surface area contributed by atoms with Crippen molar-refractivity contribution in [3.63, 3.8) is 0 Å². The molecule has 0 radical (unpaired) electrons. The second-order valence-corrected chi connectivity index (χ2v) is 7.47. The number of hydrogen-bond acceptors (Lipinski definition) is 6. The molecule has 1 atom stereocenters. The highest BCUT2D eigenvalue weighted by molar-refractivity contribution is 7.92. The van der Waals surface area contributed by atoms with Crippen molar-refractivity contribution in [3.05, 3.63) is 16.2 Å². The molecule has 1 fully saturated rings. The molecular formula is C12H12N4O2S2. The van der Waals surface area contributed by atoms with Gasteiger partial charge in [-0.3, -0.25) is 9.36 Å². The first-order valence-electron chi connectivity index (χ1n) is 6.11. The van der Waals surface area contributed by atoms with E-state index < -0.39 is 16.6 Å². The summed E-state index contributed by atoms with van der Waals surface area (Å²) in [5, 5.41) is 9.40. The number of nitriles is 1. The molecule has 0 aromatic carbocycles. The Hall–Kier alpha value is -1.43. The van der Waals surface area contributed by atoms with Crippen LogP contribution < -0.4 is 5.56 Å². The highest BCUT2D eigenvalue weighted by Gasteiger charge is 2.43. The molecular weight excluding hydrogens is 296 g/mol.